The average molecular weight is 320 g/mol. The van der Waals surface area contributed by atoms with Crippen LogP contribution in [0.25, 0.3) is 10.7 Å². The fraction of sp³-hybridized carbons (Fsp3) is 0.385. The lowest BCUT2D eigenvalue weighted by Crippen LogP contribution is -2.00. The first-order valence-corrected chi connectivity index (χ1v) is 8.29. The minimum absolute atomic E-state index is 0.354. The van der Waals surface area contributed by atoms with Gasteiger partial charge in [0.25, 0.3) is 0 Å². The molecule has 0 radical (unpaired) electrons. The third kappa shape index (κ3) is 3.27. The van der Waals surface area contributed by atoms with Crippen LogP contribution >= 0.6 is 22.9 Å². The lowest BCUT2D eigenvalue weighted by Gasteiger charge is -1.98. The van der Waals surface area contributed by atoms with Crippen molar-refractivity contribution in [1.82, 2.24) is 24.1 Å². The van der Waals surface area contributed by atoms with E-state index < -0.39 is 0 Å². The second-order valence-electron chi connectivity index (χ2n) is 4.98. The molecule has 3 aromatic heterocycles. The molecule has 0 unspecified atom stereocenters. The Hall–Kier alpha value is -1.80. The molecular formula is C13H16N6S2. The molecule has 0 saturated heterocycles. The van der Waals surface area contributed by atoms with Gasteiger partial charge in [0.05, 0.1) is 12.2 Å². The number of hydrogen-bond acceptors (Lipinski definition) is 7. The van der Waals surface area contributed by atoms with Crippen LogP contribution in [0.15, 0.2) is 17.6 Å². The zero-order valence-corrected chi connectivity index (χ0v) is 13.7. The fourth-order valence-corrected chi connectivity index (χ4v) is 3.23. The topological polar surface area (TPSA) is 68.5 Å². The van der Waals surface area contributed by atoms with E-state index in [2.05, 4.69) is 38.6 Å². The molecule has 6 nitrogen and oxygen atoms in total. The lowest BCUT2D eigenvalue weighted by atomic mass is 10.2. The molecule has 0 aliphatic heterocycles. The summed E-state index contributed by atoms with van der Waals surface area (Å²) in [6.07, 6.45) is 1.92. The second kappa shape index (κ2) is 5.90. The van der Waals surface area contributed by atoms with Gasteiger partial charge in [-0.05, 0) is 6.07 Å². The van der Waals surface area contributed by atoms with Crippen LogP contribution < -0.4 is 5.32 Å². The Bertz CT molecular complexity index is 726. The number of nitrogens with one attached hydrogen (secondary N) is 1. The van der Waals surface area contributed by atoms with Gasteiger partial charge in [-0.1, -0.05) is 13.8 Å². The van der Waals surface area contributed by atoms with Gasteiger partial charge in [-0.2, -0.15) is 9.47 Å². The third-order valence-corrected chi connectivity index (χ3v) is 4.46. The molecular weight excluding hydrogens is 304 g/mol. The first-order valence-electron chi connectivity index (χ1n) is 6.63. The molecule has 8 heteroatoms. The van der Waals surface area contributed by atoms with Crippen molar-refractivity contribution in [2.45, 2.75) is 26.3 Å². The van der Waals surface area contributed by atoms with Crippen LogP contribution in [0.2, 0.25) is 0 Å². The summed E-state index contributed by atoms with van der Waals surface area (Å²) in [4.78, 5) is 9.04. The Morgan fingerprint density at radius 3 is 2.86 bits per heavy atom. The number of rotatable bonds is 5. The van der Waals surface area contributed by atoms with Gasteiger partial charge in [-0.3, -0.25) is 4.68 Å². The van der Waals surface area contributed by atoms with E-state index in [9.17, 15) is 0 Å². The monoisotopic (exact) mass is 320 g/mol. The van der Waals surface area contributed by atoms with Crippen molar-refractivity contribution < 1.29 is 0 Å². The van der Waals surface area contributed by atoms with Gasteiger partial charge < -0.3 is 5.32 Å². The van der Waals surface area contributed by atoms with Crippen LogP contribution in [0.1, 0.15) is 31.3 Å². The quantitative estimate of drug-likeness (QED) is 0.782. The molecule has 0 spiro atoms. The van der Waals surface area contributed by atoms with Crippen LogP contribution in [-0.2, 0) is 13.6 Å². The molecule has 0 fully saturated rings. The lowest BCUT2D eigenvalue weighted by molar-refractivity contribution is 0.770. The predicted molar refractivity (Wildman–Crippen MR) is 85.6 cm³/mol. The van der Waals surface area contributed by atoms with E-state index in [0.29, 0.717) is 12.5 Å². The highest BCUT2D eigenvalue weighted by molar-refractivity contribution is 7.13. The van der Waals surface area contributed by atoms with Crippen molar-refractivity contribution in [2.24, 2.45) is 7.05 Å². The Kier molecular flexibility index (Phi) is 3.98. The number of thiazole rings is 1. The Balaban J connectivity index is 1.64. The summed E-state index contributed by atoms with van der Waals surface area (Å²) in [5.74, 6) is 1.24. The van der Waals surface area contributed by atoms with Crippen molar-refractivity contribution in [2.75, 3.05) is 5.32 Å². The number of aryl methyl sites for hydroxylation is 1. The third-order valence-electron chi connectivity index (χ3n) is 2.86. The van der Waals surface area contributed by atoms with Gasteiger partial charge >= 0.3 is 0 Å². The highest BCUT2D eigenvalue weighted by Gasteiger charge is 2.10. The molecule has 0 bridgehead atoms. The van der Waals surface area contributed by atoms with E-state index in [4.69, 9.17) is 0 Å². The summed E-state index contributed by atoms with van der Waals surface area (Å²) < 4.78 is 6.10. The van der Waals surface area contributed by atoms with Crippen molar-refractivity contribution in [3.8, 4) is 10.7 Å². The number of aromatic nitrogens is 5. The summed E-state index contributed by atoms with van der Waals surface area (Å²) in [7, 11) is 1.90. The van der Waals surface area contributed by atoms with Crippen LogP contribution in [0, 0.1) is 0 Å². The summed E-state index contributed by atoms with van der Waals surface area (Å²) >= 11 is 2.99. The maximum absolute atomic E-state index is 4.59. The standard InChI is InChI=1S/C13H16N6S2/c1-8(2)11-16-13(21-18-11)14-6-9-7-20-12(15-9)10-4-5-19(3)17-10/h4-5,7-8H,6H2,1-3H3,(H,14,16,18). The molecule has 0 amide bonds. The SMILES string of the molecule is CC(C)c1nsc(NCc2csc(-c3ccn(C)n3)n2)n1. The molecule has 0 atom stereocenters. The van der Waals surface area contributed by atoms with Crippen molar-refractivity contribution in [3.63, 3.8) is 0 Å². The van der Waals surface area contributed by atoms with E-state index in [1.807, 2.05) is 24.7 Å². The van der Waals surface area contributed by atoms with Crippen molar-refractivity contribution in [1.29, 1.82) is 0 Å². The zero-order chi connectivity index (χ0) is 14.8. The second-order valence-corrected chi connectivity index (χ2v) is 6.59. The number of hydrogen-bond donors (Lipinski definition) is 1. The van der Waals surface area contributed by atoms with Crippen LogP contribution in [0.3, 0.4) is 0 Å². The molecule has 3 rings (SSSR count). The maximum atomic E-state index is 4.59. The van der Waals surface area contributed by atoms with E-state index in [1.54, 1.807) is 16.0 Å². The molecule has 21 heavy (non-hydrogen) atoms. The van der Waals surface area contributed by atoms with Gasteiger partial charge in [-0.15, -0.1) is 11.3 Å². The first-order chi connectivity index (χ1) is 10.1. The van der Waals surface area contributed by atoms with Crippen LogP contribution in [-0.4, -0.2) is 24.1 Å². The molecule has 110 valence electrons. The van der Waals surface area contributed by atoms with Crippen molar-refractivity contribution in [3.05, 3.63) is 29.2 Å². The predicted octanol–water partition coefficient (Wildman–Crippen LogP) is 3.13. The first kappa shape index (κ1) is 14.2. The minimum Gasteiger partial charge on any atom is -0.355 e. The zero-order valence-electron chi connectivity index (χ0n) is 12.1. The van der Waals surface area contributed by atoms with Gasteiger partial charge in [0.2, 0.25) is 5.13 Å². The van der Waals surface area contributed by atoms with Gasteiger partial charge in [-0.25, -0.2) is 9.97 Å². The Morgan fingerprint density at radius 2 is 2.19 bits per heavy atom. The highest BCUT2D eigenvalue weighted by Crippen LogP contribution is 2.23. The summed E-state index contributed by atoms with van der Waals surface area (Å²) in [5, 5.41) is 11.4. The number of anilines is 1. The highest BCUT2D eigenvalue weighted by atomic mass is 32.1. The molecule has 1 N–H and O–H groups in total. The minimum atomic E-state index is 0.354. The van der Waals surface area contributed by atoms with E-state index in [1.165, 1.54) is 11.5 Å². The smallest absolute Gasteiger partial charge is 0.202 e. The molecule has 0 aliphatic carbocycles. The summed E-state index contributed by atoms with van der Waals surface area (Å²) in [5.41, 5.74) is 1.90. The van der Waals surface area contributed by atoms with Crippen LogP contribution in [0.4, 0.5) is 5.13 Å². The molecule has 0 saturated carbocycles. The van der Waals surface area contributed by atoms with Gasteiger partial charge in [0.1, 0.15) is 16.5 Å². The van der Waals surface area contributed by atoms with Crippen LogP contribution in [0.5, 0.6) is 0 Å². The molecule has 0 aliphatic rings. The van der Waals surface area contributed by atoms with E-state index in [0.717, 1.165) is 27.4 Å². The molecule has 0 aromatic carbocycles. The largest absolute Gasteiger partial charge is 0.355 e. The van der Waals surface area contributed by atoms with Crippen molar-refractivity contribution >= 4 is 28.0 Å². The Labute approximate surface area is 131 Å². The van der Waals surface area contributed by atoms with E-state index >= 15 is 0 Å². The average Bonchev–Trinajstić information content (AvgIpc) is 3.16. The van der Waals surface area contributed by atoms with Gasteiger partial charge in [0, 0.05) is 36.1 Å². The maximum Gasteiger partial charge on any atom is 0.202 e. The molecule has 3 heterocycles. The molecule has 3 aromatic rings. The van der Waals surface area contributed by atoms with E-state index in [-0.39, 0.29) is 0 Å². The summed E-state index contributed by atoms with van der Waals surface area (Å²) in [6, 6.07) is 1.97. The fourth-order valence-electron chi connectivity index (χ4n) is 1.74. The summed E-state index contributed by atoms with van der Waals surface area (Å²) in [6.45, 7) is 4.83. The number of nitrogens with zero attached hydrogens (tertiary/aromatic N) is 5. The normalized spacial score (nSPS) is 11.2. The Morgan fingerprint density at radius 1 is 1.33 bits per heavy atom. The van der Waals surface area contributed by atoms with Gasteiger partial charge in [0.15, 0.2) is 0 Å².